The Bertz CT molecular complexity index is 1960. The molecule has 1 aliphatic carbocycles. The van der Waals surface area contributed by atoms with Gasteiger partial charge in [0.2, 0.25) is 0 Å². The third-order valence-corrected chi connectivity index (χ3v) is 7.72. The molecule has 1 fully saturated rings. The van der Waals surface area contributed by atoms with Gasteiger partial charge in [0.15, 0.2) is 5.65 Å². The highest BCUT2D eigenvalue weighted by Gasteiger charge is 2.29. The summed E-state index contributed by atoms with van der Waals surface area (Å²) in [6.45, 7) is 1.92. The second-order valence-electron chi connectivity index (χ2n) is 10.1. The number of hydrogen-bond acceptors (Lipinski definition) is 7. The van der Waals surface area contributed by atoms with E-state index in [4.69, 9.17) is 15.8 Å². The van der Waals surface area contributed by atoms with E-state index in [-0.39, 0.29) is 17.0 Å². The van der Waals surface area contributed by atoms with Crippen LogP contribution in [-0.4, -0.2) is 34.3 Å². The van der Waals surface area contributed by atoms with Crippen molar-refractivity contribution in [1.82, 2.24) is 34.3 Å². The monoisotopic (exact) mass is 520 g/mol. The average Bonchev–Trinajstić information content (AvgIpc) is 3.61. The number of pyridine rings is 1. The van der Waals surface area contributed by atoms with Gasteiger partial charge < -0.3 is 5.73 Å². The van der Waals surface area contributed by atoms with Crippen LogP contribution in [0.2, 0.25) is 0 Å². The third-order valence-electron chi connectivity index (χ3n) is 7.72. The van der Waals surface area contributed by atoms with Crippen LogP contribution in [0.1, 0.15) is 50.5 Å². The van der Waals surface area contributed by atoms with Gasteiger partial charge in [-0.25, -0.2) is 24.0 Å². The highest BCUT2D eigenvalue weighted by atomic mass is 19.1. The van der Waals surface area contributed by atoms with Crippen molar-refractivity contribution in [1.29, 1.82) is 0 Å². The van der Waals surface area contributed by atoms with Crippen molar-refractivity contribution in [2.75, 3.05) is 5.73 Å². The first kappa shape index (κ1) is 23.4. The number of nitrogens with two attached hydrogens (primary N) is 1. The Morgan fingerprint density at radius 2 is 1.79 bits per heavy atom. The summed E-state index contributed by atoms with van der Waals surface area (Å²) < 4.78 is 18.2. The van der Waals surface area contributed by atoms with Crippen LogP contribution >= 0.6 is 0 Å². The van der Waals surface area contributed by atoms with Crippen molar-refractivity contribution in [3.63, 3.8) is 0 Å². The molecule has 0 spiro atoms. The summed E-state index contributed by atoms with van der Waals surface area (Å²) in [5.41, 5.74) is 9.07. The number of hydrogen-bond donors (Lipinski definition) is 1. The Labute approximate surface area is 222 Å². The smallest absolute Gasteiger partial charge is 0.264 e. The lowest BCUT2D eigenvalue weighted by molar-refractivity contribution is 0.433. The SMILES string of the molecule is CC(c1nc2cccc(F)c2c(=O)n1C1CCCC1)n1nc(-c2cnc3ccccc3c2)c2c(N)ncnc21. The normalized spacial score (nSPS) is 15.0. The number of benzene rings is 2. The first-order valence-electron chi connectivity index (χ1n) is 13.1. The molecule has 9 nitrogen and oxygen atoms in total. The fourth-order valence-corrected chi connectivity index (χ4v) is 5.81. The number of halogens is 1. The van der Waals surface area contributed by atoms with E-state index in [1.807, 2.05) is 37.3 Å². The van der Waals surface area contributed by atoms with Crippen LogP contribution in [-0.2, 0) is 0 Å². The molecule has 0 bridgehead atoms. The summed E-state index contributed by atoms with van der Waals surface area (Å²) >= 11 is 0. The lowest BCUT2D eigenvalue weighted by Gasteiger charge is -2.23. The predicted octanol–water partition coefficient (Wildman–Crippen LogP) is 5.20. The summed E-state index contributed by atoms with van der Waals surface area (Å²) in [6, 6.07) is 13.8. The Morgan fingerprint density at radius 3 is 2.64 bits per heavy atom. The number of nitrogen functional groups attached to an aromatic ring is 1. The molecule has 4 heterocycles. The van der Waals surface area contributed by atoms with E-state index in [1.54, 1.807) is 27.6 Å². The van der Waals surface area contributed by atoms with Crippen LogP contribution in [0.25, 0.3) is 44.1 Å². The number of nitrogens with zero attached hydrogens (tertiary/aromatic N) is 7. The van der Waals surface area contributed by atoms with Crippen LogP contribution in [0, 0.1) is 5.82 Å². The van der Waals surface area contributed by atoms with E-state index >= 15 is 0 Å². The van der Waals surface area contributed by atoms with Crippen molar-refractivity contribution in [2.24, 2.45) is 0 Å². The van der Waals surface area contributed by atoms with Gasteiger partial charge in [-0.05, 0) is 44.0 Å². The minimum Gasteiger partial charge on any atom is -0.383 e. The van der Waals surface area contributed by atoms with Gasteiger partial charge in [0, 0.05) is 23.2 Å². The highest BCUT2D eigenvalue weighted by molar-refractivity contribution is 5.99. The topological polar surface area (TPSA) is 117 Å². The van der Waals surface area contributed by atoms with Gasteiger partial charge in [-0.15, -0.1) is 0 Å². The average molecular weight is 521 g/mol. The number of para-hydroxylation sites is 1. The highest BCUT2D eigenvalue weighted by Crippen LogP contribution is 2.36. The van der Waals surface area contributed by atoms with Gasteiger partial charge in [0.05, 0.1) is 16.4 Å². The van der Waals surface area contributed by atoms with Crippen molar-refractivity contribution in [2.45, 2.75) is 44.7 Å². The third kappa shape index (κ3) is 3.66. The molecule has 1 saturated carbocycles. The summed E-state index contributed by atoms with van der Waals surface area (Å²) in [6.07, 6.45) is 6.85. The zero-order chi connectivity index (χ0) is 26.7. The Kier molecular flexibility index (Phi) is 5.36. The molecule has 0 saturated heterocycles. The predicted molar refractivity (Wildman–Crippen MR) is 148 cm³/mol. The van der Waals surface area contributed by atoms with Crippen LogP contribution in [0.4, 0.5) is 10.2 Å². The van der Waals surface area contributed by atoms with E-state index in [0.717, 1.165) is 42.1 Å². The second kappa shape index (κ2) is 8.93. The number of rotatable bonds is 4. The fourth-order valence-electron chi connectivity index (χ4n) is 5.81. The molecule has 1 atom stereocenters. The molecule has 1 aliphatic rings. The number of anilines is 1. The molecule has 6 aromatic rings. The first-order valence-corrected chi connectivity index (χ1v) is 13.1. The van der Waals surface area contributed by atoms with Gasteiger partial charge in [-0.1, -0.05) is 37.1 Å². The van der Waals surface area contributed by atoms with Gasteiger partial charge in [0.1, 0.15) is 40.9 Å². The number of aromatic nitrogens is 7. The van der Waals surface area contributed by atoms with Crippen molar-refractivity contribution in [3.8, 4) is 11.3 Å². The maximum absolute atomic E-state index is 14.8. The van der Waals surface area contributed by atoms with Crippen molar-refractivity contribution in [3.05, 3.63) is 83.1 Å². The molecule has 2 N–H and O–H groups in total. The van der Waals surface area contributed by atoms with E-state index in [0.29, 0.717) is 33.9 Å². The van der Waals surface area contributed by atoms with E-state index < -0.39 is 11.9 Å². The Balaban J connectivity index is 1.47. The maximum atomic E-state index is 14.8. The van der Waals surface area contributed by atoms with Crippen LogP contribution < -0.4 is 11.3 Å². The number of fused-ring (bicyclic) bond motifs is 3. The van der Waals surface area contributed by atoms with Crippen LogP contribution in [0.15, 0.2) is 65.8 Å². The quantitative estimate of drug-likeness (QED) is 0.340. The molecule has 194 valence electrons. The van der Waals surface area contributed by atoms with E-state index in [9.17, 15) is 9.18 Å². The van der Waals surface area contributed by atoms with Gasteiger partial charge in [-0.2, -0.15) is 5.10 Å². The molecular weight excluding hydrogens is 495 g/mol. The zero-order valence-corrected chi connectivity index (χ0v) is 21.3. The van der Waals surface area contributed by atoms with Crippen molar-refractivity contribution >= 4 is 38.7 Å². The molecule has 1 unspecified atom stereocenters. The van der Waals surface area contributed by atoms with Gasteiger partial charge >= 0.3 is 0 Å². The molecule has 0 amide bonds. The minimum absolute atomic E-state index is 0.0140. The molecule has 7 rings (SSSR count). The standard InChI is InChI=1S/C29H25FN8O/c1-16(27-35-22-12-6-10-20(30)23(22)29(39)37(27)19-8-3-4-9-19)38-28-24(26(31)33-15-34-28)25(36-38)18-13-17-7-2-5-11-21(17)32-14-18/h2,5-7,10-16,19H,3-4,8-9H2,1H3,(H2,31,33,34). The molecule has 4 aromatic heterocycles. The van der Waals surface area contributed by atoms with Crippen LogP contribution in [0.3, 0.4) is 0 Å². The molecule has 2 aromatic carbocycles. The van der Waals surface area contributed by atoms with Gasteiger partial charge in [-0.3, -0.25) is 14.3 Å². The van der Waals surface area contributed by atoms with Gasteiger partial charge in [0.25, 0.3) is 5.56 Å². The Hall–Kier alpha value is -4.73. The summed E-state index contributed by atoms with van der Waals surface area (Å²) in [5.74, 6) is 0.241. The zero-order valence-electron chi connectivity index (χ0n) is 21.3. The molecule has 0 radical (unpaired) electrons. The molecule has 0 aliphatic heterocycles. The lowest BCUT2D eigenvalue weighted by atomic mass is 10.1. The van der Waals surface area contributed by atoms with E-state index in [2.05, 4.69) is 15.0 Å². The van der Waals surface area contributed by atoms with E-state index in [1.165, 1.54) is 12.4 Å². The first-order chi connectivity index (χ1) is 19.0. The van der Waals surface area contributed by atoms with Crippen molar-refractivity contribution < 1.29 is 4.39 Å². The molecule has 39 heavy (non-hydrogen) atoms. The molecule has 10 heteroatoms. The fraction of sp³-hybridized carbons (Fsp3) is 0.241. The largest absolute Gasteiger partial charge is 0.383 e. The van der Waals surface area contributed by atoms with Crippen LogP contribution in [0.5, 0.6) is 0 Å². The second-order valence-corrected chi connectivity index (χ2v) is 10.1. The summed E-state index contributed by atoms with van der Waals surface area (Å²) in [7, 11) is 0. The summed E-state index contributed by atoms with van der Waals surface area (Å²) in [5, 5.41) is 6.54. The Morgan fingerprint density at radius 1 is 1.00 bits per heavy atom. The maximum Gasteiger partial charge on any atom is 0.264 e. The summed E-state index contributed by atoms with van der Waals surface area (Å²) in [4.78, 5) is 32.0. The molecular formula is C29H25FN8O. The minimum atomic E-state index is -0.563. The lowest BCUT2D eigenvalue weighted by Crippen LogP contribution is -2.31.